The fraction of sp³-hybridized carbons (Fsp3) is 0. The van der Waals surface area contributed by atoms with Gasteiger partial charge in [-0.1, -0.05) is 109 Å². The highest BCUT2D eigenvalue weighted by Crippen LogP contribution is 2.40. The molecule has 0 heterocycles. The zero-order valence-corrected chi connectivity index (χ0v) is 14.4. The minimum absolute atomic E-state index is 1.26. The first kappa shape index (κ1) is 14.9. The third kappa shape index (κ3) is 2.39. The van der Waals surface area contributed by atoms with Crippen LogP contribution in [0.25, 0.3) is 43.8 Å². The molecule has 5 aromatic carbocycles. The number of hydrogen-bond acceptors (Lipinski definition) is 0. The maximum atomic E-state index is 2.27. The number of fused-ring (bicyclic) bond motifs is 2. The first-order valence-electron chi connectivity index (χ1n) is 8.97. The summed E-state index contributed by atoms with van der Waals surface area (Å²) in [6, 6.07) is 39.1. The molecule has 0 bridgehead atoms. The highest BCUT2D eigenvalue weighted by atomic mass is 14.2. The summed E-state index contributed by atoms with van der Waals surface area (Å²) in [6.45, 7) is 0. The molecule has 0 N–H and O–H groups in total. The summed E-state index contributed by atoms with van der Waals surface area (Å²) >= 11 is 0. The average molecular weight is 330 g/mol. The van der Waals surface area contributed by atoms with E-state index in [1.807, 2.05) is 0 Å². The van der Waals surface area contributed by atoms with E-state index in [0.29, 0.717) is 0 Å². The summed E-state index contributed by atoms with van der Waals surface area (Å²) in [5, 5.41) is 5.14. The van der Waals surface area contributed by atoms with Gasteiger partial charge in [0.2, 0.25) is 0 Å². The number of rotatable bonds is 2. The van der Waals surface area contributed by atoms with Gasteiger partial charge >= 0.3 is 0 Å². The van der Waals surface area contributed by atoms with Crippen LogP contribution in [0, 0.1) is 0 Å². The van der Waals surface area contributed by atoms with Crippen molar-refractivity contribution in [3.8, 4) is 22.3 Å². The second kappa shape index (κ2) is 6.16. The maximum Gasteiger partial charge on any atom is -0.00266 e. The second-order valence-electron chi connectivity index (χ2n) is 6.60. The Balaban J connectivity index is 1.92. The van der Waals surface area contributed by atoms with Crippen molar-refractivity contribution >= 4 is 21.5 Å². The third-order valence-electron chi connectivity index (χ3n) is 5.07. The van der Waals surface area contributed by atoms with E-state index in [1.54, 1.807) is 0 Å². The van der Waals surface area contributed by atoms with Gasteiger partial charge < -0.3 is 0 Å². The van der Waals surface area contributed by atoms with Gasteiger partial charge in [-0.2, -0.15) is 0 Å². The molecule has 0 amide bonds. The lowest BCUT2D eigenvalue weighted by Crippen LogP contribution is -1.89. The van der Waals surface area contributed by atoms with Crippen molar-refractivity contribution in [3.05, 3.63) is 109 Å². The van der Waals surface area contributed by atoms with Gasteiger partial charge in [0.05, 0.1) is 0 Å². The monoisotopic (exact) mass is 330 g/mol. The summed E-state index contributed by atoms with van der Waals surface area (Å²) in [7, 11) is 0. The molecule has 0 radical (unpaired) electrons. The highest BCUT2D eigenvalue weighted by Gasteiger charge is 2.13. The highest BCUT2D eigenvalue weighted by molar-refractivity contribution is 6.08. The Morgan fingerprint density at radius 3 is 1.77 bits per heavy atom. The molecule has 0 aliphatic heterocycles. The molecule has 0 saturated heterocycles. The molecule has 26 heavy (non-hydrogen) atoms. The van der Waals surface area contributed by atoms with E-state index in [1.165, 1.54) is 43.8 Å². The van der Waals surface area contributed by atoms with Gasteiger partial charge in [0.1, 0.15) is 0 Å². The Bertz CT molecular complexity index is 1210. The minimum Gasteiger partial charge on any atom is -0.0622 e. The minimum atomic E-state index is 1.26. The molecule has 0 saturated carbocycles. The van der Waals surface area contributed by atoms with Gasteiger partial charge in [0.25, 0.3) is 0 Å². The van der Waals surface area contributed by atoms with Crippen molar-refractivity contribution in [1.82, 2.24) is 0 Å². The molecule has 0 aliphatic carbocycles. The van der Waals surface area contributed by atoms with Crippen molar-refractivity contribution in [2.75, 3.05) is 0 Å². The molecule has 0 unspecified atom stereocenters. The van der Waals surface area contributed by atoms with Gasteiger partial charge in [0.15, 0.2) is 0 Å². The summed E-state index contributed by atoms with van der Waals surface area (Å²) < 4.78 is 0. The topological polar surface area (TPSA) is 0 Å². The van der Waals surface area contributed by atoms with Crippen molar-refractivity contribution < 1.29 is 0 Å². The molecule has 0 heteroatoms. The molecule has 122 valence electrons. The molecule has 0 nitrogen and oxygen atoms in total. The van der Waals surface area contributed by atoms with Crippen LogP contribution in [0.4, 0.5) is 0 Å². The van der Waals surface area contributed by atoms with Crippen molar-refractivity contribution in [1.29, 1.82) is 0 Å². The van der Waals surface area contributed by atoms with Crippen LogP contribution in [-0.4, -0.2) is 0 Å². The van der Waals surface area contributed by atoms with Crippen LogP contribution in [0.5, 0.6) is 0 Å². The van der Waals surface area contributed by atoms with Crippen LogP contribution in [-0.2, 0) is 0 Å². The SMILES string of the molecule is c1ccc(-c2c(-c3cccc4ccccc34)ccc3ccccc23)cc1. The molecule has 0 atom stereocenters. The van der Waals surface area contributed by atoms with Crippen LogP contribution in [0.15, 0.2) is 109 Å². The lowest BCUT2D eigenvalue weighted by Gasteiger charge is -2.16. The van der Waals surface area contributed by atoms with Crippen molar-refractivity contribution in [3.63, 3.8) is 0 Å². The van der Waals surface area contributed by atoms with E-state index >= 15 is 0 Å². The Labute approximate surface area is 153 Å². The smallest absolute Gasteiger partial charge is 0.00266 e. The molecule has 0 spiro atoms. The summed E-state index contributed by atoms with van der Waals surface area (Å²) in [5.74, 6) is 0. The first-order valence-corrected chi connectivity index (χ1v) is 8.97. The first-order chi connectivity index (χ1) is 12.9. The average Bonchev–Trinajstić information content (AvgIpc) is 2.73. The van der Waals surface area contributed by atoms with Gasteiger partial charge in [-0.25, -0.2) is 0 Å². The third-order valence-corrected chi connectivity index (χ3v) is 5.07. The lowest BCUT2D eigenvalue weighted by molar-refractivity contribution is 1.63. The van der Waals surface area contributed by atoms with Crippen LogP contribution in [0.2, 0.25) is 0 Å². The standard InChI is InChI=1S/C26H18/c1-2-11-21(12-3-1)26-23-15-7-5-10-20(23)17-18-25(26)24-16-8-13-19-9-4-6-14-22(19)24/h1-18H. The Hall–Kier alpha value is -3.38. The van der Waals surface area contributed by atoms with E-state index in [4.69, 9.17) is 0 Å². The molecule has 5 aromatic rings. The summed E-state index contributed by atoms with van der Waals surface area (Å²) in [4.78, 5) is 0. The van der Waals surface area contributed by atoms with E-state index in [2.05, 4.69) is 109 Å². The fourth-order valence-electron chi connectivity index (χ4n) is 3.87. The largest absolute Gasteiger partial charge is 0.0622 e. The van der Waals surface area contributed by atoms with Crippen LogP contribution in [0.3, 0.4) is 0 Å². The fourth-order valence-corrected chi connectivity index (χ4v) is 3.87. The summed E-state index contributed by atoms with van der Waals surface area (Å²) in [5.41, 5.74) is 5.13. The zero-order valence-electron chi connectivity index (χ0n) is 14.4. The van der Waals surface area contributed by atoms with E-state index in [9.17, 15) is 0 Å². The predicted molar refractivity (Wildman–Crippen MR) is 112 cm³/mol. The number of benzene rings is 5. The molecule has 0 aromatic heterocycles. The maximum absolute atomic E-state index is 2.27. The van der Waals surface area contributed by atoms with Crippen LogP contribution < -0.4 is 0 Å². The van der Waals surface area contributed by atoms with Gasteiger partial charge in [-0.15, -0.1) is 0 Å². The molecular formula is C26H18. The molecule has 5 rings (SSSR count). The van der Waals surface area contributed by atoms with Gasteiger partial charge in [0, 0.05) is 0 Å². The van der Waals surface area contributed by atoms with E-state index in [-0.39, 0.29) is 0 Å². The predicted octanol–water partition coefficient (Wildman–Crippen LogP) is 7.33. The van der Waals surface area contributed by atoms with Crippen LogP contribution in [0.1, 0.15) is 0 Å². The van der Waals surface area contributed by atoms with E-state index < -0.39 is 0 Å². The zero-order chi connectivity index (χ0) is 17.3. The number of hydrogen-bond donors (Lipinski definition) is 0. The van der Waals surface area contributed by atoms with E-state index in [0.717, 1.165) is 0 Å². The second-order valence-corrected chi connectivity index (χ2v) is 6.60. The normalized spacial score (nSPS) is 11.1. The lowest BCUT2D eigenvalue weighted by atomic mass is 9.88. The Morgan fingerprint density at radius 2 is 0.962 bits per heavy atom. The Morgan fingerprint density at radius 1 is 0.346 bits per heavy atom. The molecule has 0 fully saturated rings. The van der Waals surface area contributed by atoms with Crippen LogP contribution >= 0.6 is 0 Å². The van der Waals surface area contributed by atoms with Gasteiger partial charge in [-0.05, 0) is 43.8 Å². The summed E-state index contributed by atoms with van der Waals surface area (Å²) in [6.07, 6.45) is 0. The Kier molecular flexibility index (Phi) is 3.54. The van der Waals surface area contributed by atoms with Crippen molar-refractivity contribution in [2.45, 2.75) is 0 Å². The quantitative estimate of drug-likeness (QED) is 0.318. The molecule has 0 aliphatic rings. The molecular weight excluding hydrogens is 312 g/mol. The van der Waals surface area contributed by atoms with Gasteiger partial charge in [-0.3, -0.25) is 0 Å². The van der Waals surface area contributed by atoms with Crippen molar-refractivity contribution in [2.24, 2.45) is 0 Å².